The van der Waals surface area contributed by atoms with E-state index in [1.807, 2.05) is 72.8 Å². The van der Waals surface area contributed by atoms with Gasteiger partial charge in [-0.15, -0.1) is 0 Å². The molecule has 2 rings (SSSR count). The molecule has 0 amide bonds. The summed E-state index contributed by atoms with van der Waals surface area (Å²) in [6.07, 6.45) is 31.3. The maximum absolute atomic E-state index is 10.1. The normalized spacial score (nSPS) is 8.96. The smallest absolute Gasteiger partial charge is 0.119 e. The van der Waals surface area contributed by atoms with Crippen molar-refractivity contribution < 1.29 is 46.2 Å². The average Bonchev–Trinajstić information content (AvgIpc) is 3.03. The number of carbonyl (C=O) groups is 1. The topological polar surface area (TPSA) is 143 Å². The Morgan fingerprint density at radius 1 is 0.388 bits per heavy atom. The number of benzene rings is 2. The summed E-state index contributed by atoms with van der Waals surface area (Å²) in [6, 6.07) is 24.0. The zero-order chi connectivity index (χ0) is 31.9. The molecule has 0 unspecified atom stereocenters. The first-order valence-corrected chi connectivity index (χ1v) is 18.5. The molecule has 0 atom stereocenters. The van der Waals surface area contributed by atoms with Gasteiger partial charge in [-0.3, -0.25) is 0 Å². The van der Waals surface area contributed by atoms with Crippen molar-refractivity contribution in [1.29, 1.82) is 0 Å². The molecule has 0 radical (unpaired) electrons. The molecule has 0 aliphatic rings. The summed E-state index contributed by atoms with van der Waals surface area (Å²) in [7, 11) is 0. The predicted molar refractivity (Wildman–Crippen MR) is 217 cm³/mol. The van der Waals surface area contributed by atoms with E-state index in [2.05, 4.69) is 34.6 Å². The number of carbonyl (C=O) groups excluding carboxylic acids is 1. The van der Waals surface area contributed by atoms with Crippen LogP contribution in [-0.4, -0.2) is 28.2 Å². The van der Waals surface area contributed by atoms with Gasteiger partial charge in [0.1, 0.15) is 6.29 Å². The Morgan fingerprint density at radius 3 is 0.796 bits per heavy atom. The summed E-state index contributed by atoms with van der Waals surface area (Å²) in [5.74, 6) is 1.77. The minimum Gasteiger partial charge on any atom is -0.412 e. The molecule has 0 saturated carbocycles. The van der Waals surface area contributed by atoms with Gasteiger partial charge in [0.15, 0.2) is 0 Å². The number of unbranched alkanes of at least 4 members (excludes halogenated alkanes) is 18. The summed E-state index contributed by atoms with van der Waals surface area (Å²) in [6.45, 7) is 11.6. The first-order valence-electron chi connectivity index (χ1n) is 18.5. The van der Waals surface area contributed by atoms with Gasteiger partial charge >= 0.3 is 0 Å². The third-order valence-corrected chi connectivity index (χ3v) is 7.57. The maximum Gasteiger partial charge on any atom is 0.119 e. The fourth-order valence-corrected chi connectivity index (χ4v) is 4.83. The molecule has 0 aromatic heterocycles. The predicted octanol–water partition coefficient (Wildman–Crippen LogP) is 11.6. The second-order valence-electron chi connectivity index (χ2n) is 13.0. The van der Waals surface area contributed by atoms with Gasteiger partial charge in [-0.05, 0) is 18.3 Å². The Bertz CT molecular complexity index is 632. The molecule has 0 fully saturated rings. The van der Waals surface area contributed by atoms with Crippen LogP contribution in [0.15, 0.2) is 72.8 Å². The SMILES string of the molecule is CC(C)CCCCCCCCCCCC=O.CCCCCCCCCCCCC(C)C.O.O.O.O.[CH3-].[Zn].c1ccccc1.c1ccccc1. The van der Waals surface area contributed by atoms with E-state index in [0.717, 1.165) is 31.0 Å². The Hall–Kier alpha value is -1.43. The first-order chi connectivity index (χ1) is 21.0. The molecule has 0 heterocycles. The van der Waals surface area contributed by atoms with Crippen LogP contribution in [0.5, 0.6) is 0 Å². The Balaban J connectivity index is -0.0000000783. The van der Waals surface area contributed by atoms with Crippen LogP contribution in [0.4, 0.5) is 0 Å². The molecule has 8 N–H and O–H groups in total. The number of hydrogen-bond donors (Lipinski definition) is 0. The third kappa shape index (κ3) is 73.1. The van der Waals surface area contributed by atoms with E-state index >= 15 is 0 Å². The van der Waals surface area contributed by atoms with E-state index < -0.39 is 0 Å². The van der Waals surface area contributed by atoms with Gasteiger partial charge in [-0.2, -0.15) is 0 Å². The van der Waals surface area contributed by atoms with Gasteiger partial charge in [-0.1, -0.05) is 236 Å². The van der Waals surface area contributed by atoms with Crippen molar-refractivity contribution >= 4 is 6.29 Å². The van der Waals surface area contributed by atoms with Crippen molar-refractivity contribution in [2.24, 2.45) is 11.8 Å². The van der Waals surface area contributed by atoms with Crippen molar-refractivity contribution in [3.8, 4) is 0 Å². The molecule has 0 spiro atoms. The van der Waals surface area contributed by atoms with Crippen LogP contribution in [0.2, 0.25) is 0 Å². The molecular weight excluding hydrogens is 662 g/mol. The molecule has 5 nitrogen and oxygen atoms in total. The Morgan fingerprint density at radius 2 is 0.592 bits per heavy atom. The minimum atomic E-state index is 0. The van der Waals surface area contributed by atoms with E-state index in [0.29, 0.717) is 0 Å². The van der Waals surface area contributed by atoms with E-state index in [1.54, 1.807) is 0 Å². The molecule has 2 aromatic carbocycles. The largest absolute Gasteiger partial charge is 0.412 e. The maximum atomic E-state index is 10.1. The van der Waals surface area contributed by atoms with Gasteiger partial charge in [0.05, 0.1) is 0 Å². The van der Waals surface area contributed by atoms with Crippen molar-refractivity contribution in [1.82, 2.24) is 0 Å². The fourth-order valence-electron chi connectivity index (χ4n) is 4.83. The van der Waals surface area contributed by atoms with E-state index in [9.17, 15) is 4.79 Å². The summed E-state index contributed by atoms with van der Waals surface area (Å²) in [4.78, 5) is 10.1. The van der Waals surface area contributed by atoms with Gasteiger partial charge in [-0.25, -0.2) is 0 Å². The van der Waals surface area contributed by atoms with Gasteiger partial charge in [0.25, 0.3) is 0 Å². The van der Waals surface area contributed by atoms with Crippen molar-refractivity contribution in [2.45, 2.75) is 176 Å². The van der Waals surface area contributed by atoms with Gasteiger partial charge in [0, 0.05) is 25.9 Å². The molecule has 0 aliphatic carbocycles. The molecule has 0 bridgehead atoms. The summed E-state index contributed by atoms with van der Waals surface area (Å²) >= 11 is 0. The van der Waals surface area contributed by atoms with E-state index in [1.165, 1.54) is 128 Å². The van der Waals surface area contributed by atoms with Gasteiger partial charge in [0.2, 0.25) is 0 Å². The molecule has 6 heteroatoms. The van der Waals surface area contributed by atoms with Gasteiger partial charge < -0.3 is 34.1 Å². The third-order valence-electron chi connectivity index (χ3n) is 7.57. The molecular formula is C43H85O5Zn-. The van der Waals surface area contributed by atoms with Crippen LogP contribution in [-0.2, 0) is 24.3 Å². The second kappa shape index (κ2) is 61.8. The molecule has 49 heavy (non-hydrogen) atoms. The zero-order valence-corrected chi connectivity index (χ0v) is 36.3. The van der Waals surface area contributed by atoms with Crippen LogP contribution < -0.4 is 0 Å². The standard InChI is InChI=1S/C15H30O.C15H32.2C6H6.CH3.4H2O.Zn/c1-15(2)13-11-9-7-5-3-4-6-8-10-12-14-16;1-4-5-6-7-8-9-10-11-12-13-14-15(2)3;2*1-2-4-6-5-3-1;;;;;;/h14-15H,3-13H2,1-2H3;15H,4-14H2,1-3H3;2*1-6H;1H3;4*1H2;/q;;;;-1;;;;;. The van der Waals surface area contributed by atoms with Crippen LogP contribution in [0, 0.1) is 19.3 Å². The monoisotopic (exact) mass is 746 g/mol. The van der Waals surface area contributed by atoms with Crippen molar-refractivity contribution in [2.75, 3.05) is 0 Å². The molecule has 0 aliphatic heterocycles. The molecule has 2 aromatic rings. The van der Waals surface area contributed by atoms with Crippen molar-refractivity contribution in [3.05, 3.63) is 80.2 Å². The first kappa shape index (κ1) is 65.9. The molecule has 290 valence electrons. The zero-order valence-electron chi connectivity index (χ0n) is 33.3. The van der Waals surface area contributed by atoms with Crippen molar-refractivity contribution in [3.63, 3.8) is 0 Å². The van der Waals surface area contributed by atoms with E-state index in [-0.39, 0.29) is 48.8 Å². The number of hydrogen-bond acceptors (Lipinski definition) is 1. The van der Waals surface area contributed by atoms with Crippen LogP contribution >= 0.6 is 0 Å². The van der Waals surface area contributed by atoms with Crippen LogP contribution in [0.3, 0.4) is 0 Å². The summed E-state index contributed by atoms with van der Waals surface area (Å²) in [5.41, 5.74) is 0. The summed E-state index contributed by atoms with van der Waals surface area (Å²) in [5, 5.41) is 0. The summed E-state index contributed by atoms with van der Waals surface area (Å²) < 4.78 is 0. The quantitative estimate of drug-likeness (QED) is 0.0474. The molecule has 0 saturated heterocycles. The Kier molecular flexibility index (Phi) is 83.1. The minimum absolute atomic E-state index is 0. The van der Waals surface area contributed by atoms with Crippen LogP contribution in [0.25, 0.3) is 0 Å². The van der Waals surface area contributed by atoms with E-state index in [4.69, 9.17) is 0 Å². The fraction of sp³-hybridized carbons (Fsp3) is 0.674. The second-order valence-corrected chi connectivity index (χ2v) is 13.0. The number of rotatable bonds is 23. The average molecular weight is 748 g/mol. The van der Waals surface area contributed by atoms with Crippen LogP contribution in [0.1, 0.15) is 176 Å². The Labute approximate surface area is 319 Å². The number of aldehydes is 1.